The number of hydrogen-bond donors (Lipinski definition) is 2. The Morgan fingerprint density at radius 3 is 2.62 bits per heavy atom. The molecule has 104 valence electrons. The average molecular weight is 342 g/mol. The summed E-state index contributed by atoms with van der Waals surface area (Å²) in [6.07, 6.45) is 3.72. The Balaban J connectivity index is 1.83. The molecule has 0 aliphatic rings. The Bertz CT molecular complexity index is 875. The lowest BCUT2D eigenvalue weighted by atomic mass is 10.2. The van der Waals surface area contributed by atoms with E-state index < -0.39 is 0 Å². The molecule has 0 bridgehead atoms. The van der Waals surface area contributed by atoms with Crippen molar-refractivity contribution in [2.45, 2.75) is 0 Å². The van der Waals surface area contributed by atoms with E-state index in [2.05, 4.69) is 30.9 Å². The zero-order chi connectivity index (χ0) is 14.7. The van der Waals surface area contributed by atoms with Crippen LogP contribution in [0.4, 0.5) is 5.69 Å². The topological polar surface area (TPSA) is 61.0 Å². The SMILES string of the molecule is O=c1[nH]c2ccc(N=C/C(Br)=C\c3ccccc3)cc2[nH]1. The van der Waals surface area contributed by atoms with Gasteiger partial charge in [-0.15, -0.1) is 0 Å². The van der Waals surface area contributed by atoms with Gasteiger partial charge in [0.2, 0.25) is 0 Å². The number of rotatable bonds is 3. The summed E-state index contributed by atoms with van der Waals surface area (Å²) in [6, 6.07) is 15.5. The first-order valence-corrected chi connectivity index (χ1v) is 7.18. The van der Waals surface area contributed by atoms with Gasteiger partial charge in [-0.2, -0.15) is 0 Å². The number of imidazole rings is 1. The third-order valence-corrected chi connectivity index (χ3v) is 3.37. The van der Waals surface area contributed by atoms with Gasteiger partial charge in [-0.25, -0.2) is 4.79 Å². The quantitative estimate of drug-likeness (QED) is 0.695. The van der Waals surface area contributed by atoms with Crippen molar-refractivity contribution < 1.29 is 0 Å². The summed E-state index contributed by atoms with van der Waals surface area (Å²) in [4.78, 5) is 21.0. The van der Waals surface area contributed by atoms with Gasteiger partial charge in [-0.1, -0.05) is 30.3 Å². The summed E-state index contributed by atoms with van der Waals surface area (Å²) in [7, 11) is 0. The van der Waals surface area contributed by atoms with E-state index in [1.807, 2.05) is 54.6 Å². The van der Waals surface area contributed by atoms with Gasteiger partial charge in [-0.05, 0) is 45.8 Å². The fourth-order valence-corrected chi connectivity index (χ4v) is 2.35. The molecule has 1 heterocycles. The molecule has 3 aromatic rings. The molecule has 0 amide bonds. The molecule has 4 nitrogen and oxygen atoms in total. The highest BCUT2D eigenvalue weighted by Crippen LogP contribution is 2.18. The maximum absolute atomic E-state index is 11.2. The normalized spacial score (nSPS) is 12.3. The van der Waals surface area contributed by atoms with Gasteiger partial charge in [0.1, 0.15) is 0 Å². The zero-order valence-electron chi connectivity index (χ0n) is 11.0. The second kappa shape index (κ2) is 5.93. The molecule has 0 unspecified atom stereocenters. The van der Waals surface area contributed by atoms with Crippen molar-refractivity contribution >= 4 is 44.9 Å². The van der Waals surface area contributed by atoms with Crippen LogP contribution >= 0.6 is 15.9 Å². The van der Waals surface area contributed by atoms with Crippen LogP contribution in [0.25, 0.3) is 17.1 Å². The van der Waals surface area contributed by atoms with E-state index >= 15 is 0 Å². The van der Waals surface area contributed by atoms with Crippen molar-refractivity contribution in [2.24, 2.45) is 4.99 Å². The number of aromatic amines is 2. The predicted octanol–water partition coefficient (Wildman–Crippen LogP) is 3.99. The molecule has 0 aliphatic heterocycles. The molecular formula is C16H12BrN3O. The van der Waals surface area contributed by atoms with E-state index in [1.54, 1.807) is 6.21 Å². The van der Waals surface area contributed by atoms with Crippen LogP contribution in [0.5, 0.6) is 0 Å². The number of nitrogens with one attached hydrogen (secondary N) is 2. The van der Waals surface area contributed by atoms with Crippen molar-refractivity contribution in [1.82, 2.24) is 9.97 Å². The lowest BCUT2D eigenvalue weighted by molar-refractivity contribution is 1.21. The average Bonchev–Trinajstić information content (AvgIpc) is 2.85. The van der Waals surface area contributed by atoms with Crippen molar-refractivity contribution in [3.8, 4) is 0 Å². The first-order chi connectivity index (χ1) is 10.2. The first kappa shape index (κ1) is 13.6. The Labute approximate surface area is 129 Å². The van der Waals surface area contributed by atoms with Crippen LogP contribution in [0.3, 0.4) is 0 Å². The smallest absolute Gasteiger partial charge is 0.306 e. The van der Waals surface area contributed by atoms with Gasteiger partial charge in [0.15, 0.2) is 0 Å². The Morgan fingerprint density at radius 2 is 1.81 bits per heavy atom. The molecule has 0 saturated heterocycles. The third kappa shape index (κ3) is 3.38. The molecule has 5 heteroatoms. The van der Waals surface area contributed by atoms with Crippen LogP contribution in [-0.4, -0.2) is 16.2 Å². The summed E-state index contributed by atoms with van der Waals surface area (Å²) >= 11 is 3.47. The highest BCUT2D eigenvalue weighted by molar-refractivity contribution is 9.12. The summed E-state index contributed by atoms with van der Waals surface area (Å²) in [5, 5.41) is 0. The van der Waals surface area contributed by atoms with Gasteiger partial charge in [0.25, 0.3) is 0 Å². The molecule has 0 atom stereocenters. The molecule has 0 saturated carbocycles. The second-order valence-electron chi connectivity index (χ2n) is 4.51. The molecule has 2 N–H and O–H groups in total. The van der Waals surface area contributed by atoms with E-state index in [0.29, 0.717) is 0 Å². The van der Waals surface area contributed by atoms with Crippen molar-refractivity contribution in [2.75, 3.05) is 0 Å². The molecule has 2 aromatic carbocycles. The number of aromatic nitrogens is 2. The fraction of sp³-hybridized carbons (Fsp3) is 0. The van der Waals surface area contributed by atoms with Crippen LogP contribution in [0.2, 0.25) is 0 Å². The van der Waals surface area contributed by atoms with Crippen molar-refractivity contribution in [3.05, 3.63) is 69.1 Å². The molecule has 0 radical (unpaired) electrons. The number of allylic oxidation sites excluding steroid dienone is 1. The standard InChI is InChI=1S/C16H12BrN3O/c17-12(8-11-4-2-1-3-5-11)10-18-13-6-7-14-15(9-13)20-16(21)19-14/h1-10H,(H2,19,20,21)/b12-8+,18-10?. The molecule has 3 rings (SSSR count). The minimum atomic E-state index is -0.212. The maximum Gasteiger partial charge on any atom is 0.323 e. The van der Waals surface area contributed by atoms with E-state index in [4.69, 9.17) is 0 Å². The van der Waals surface area contributed by atoms with Crippen LogP contribution in [-0.2, 0) is 0 Å². The number of hydrogen-bond acceptors (Lipinski definition) is 2. The van der Waals surface area contributed by atoms with Crippen LogP contribution < -0.4 is 5.69 Å². The summed E-state index contributed by atoms with van der Waals surface area (Å²) in [5.74, 6) is 0. The van der Waals surface area contributed by atoms with Crippen LogP contribution in [0, 0.1) is 0 Å². The largest absolute Gasteiger partial charge is 0.323 e. The van der Waals surface area contributed by atoms with Gasteiger partial charge in [-0.3, -0.25) is 4.99 Å². The number of aliphatic imine (C=N–C) groups is 1. The molecule has 0 aliphatic carbocycles. The minimum Gasteiger partial charge on any atom is -0.306 e. The predicted molar refractivity (Wildman–Crippen MR) is 90.4 cm³/mol. The monoisotopic (exact) mass is 341 g/mol. The number of halogens is 1. The van der Waals surface area contributed by atoms with Crippen LogP contribution in [0.15, 0.2) is 62.8 Å². The van der Waals surface area contributed by atoms with E-state index in [1.165, 1.54) is 0 Å². The summed E-state index contributed by atoms with van der Waals surface area (Å²) in [5.41, 5.74) is 3.18. The van der Waals surface area contributed by atoms with E-state index in [0.717, 1.165) is 26.8 Å². The molecular weight excluding hydrogens is 330 g/mol. The van der Waals surface area contributed by atoms with Gasteiger partial charge < -0.3 is 9.97 Å². The second-order valence-corrected chi connectivity index (χ2v) is 5.42. The lowest BCUT2D eigenvalue weighted by Gasteiger charge is -1.95. The fourth-order valence-electron chi connectivity index (χ4n) is 1.98. The molecule has 21 heavy (non-hydrogen) atoms. The molecule has 0 spiro atoms. The van der Waals surface area contributed by atoms with Gasteiger partial charge >= 0.3 is 5.69 Å². The molecule has 1 aromatic heterocycles. The highest BCUT2D eigenvalue weighted by Gasteiger charge is 1.98. The lowest BCUT2D eigenvalue weighted by Crippen LogP contribution is -1.99. The van der Waals surface area contributed by atoms with Crippen molar-refractivity contribution in [3.63, 3.8) is 0 Å². The number of fused-ring (bicyclic) bond motifs is 1. The van der Waals surface area contributed by atoms with E-state index in [-0.39, 0.29) is 5.69 Å². The molecule has 0 fully saturated rings. The summed E-state index contributed by atoms with van der Waals surface area (Å²) < 4.78 is 0.872. The number of nitrogens with zero attached hydrogens (tertiary/aromatic N) is 1. The van der Waals surface area contributed by atoms with Crippen molar-refractivity contribution in [1.29, 1.82) is 0 Å². The summed E-state index contributed by atoms with van der Waals surface area (Å²) in [6.45, 7) is 0. The minimum absolute atomic E-state index is 0.212. The Kier molecular flexibility index (Phi) is 3.83. The number of benzene rings is 2. The Morgan fingerprint density at radius 1 is 1.05 bits per heavy atom. The zero-order valence-corrected chi connectivity index (χ0v) is 12.6. The third-order valence-electron chi connectivity index (χ3n) is 2.94. The Hall–Kier alpha value is -2.40. The highest BCUT2D eigenvalue weighted by atomic mass is 79.9. The maximum atomic E-state index is 11.2. The first-order valence-electron chi connectivity index (χ1n) is 6.39. The number of H-pyrrole nitrogens is 2. The van der Waals surface area contributed by atoms with E-state index in [9.17, 15) is 4.79 Å². The van der Waals surface area contributed by atoms with Gasteiger partial charge in [0, 0.05) is 10.7 Å². The van der Waals surface area contributed by atoms with Gasteiger partial charge in [0.05, 0.1) is 16.7 Å². The van der Waals surface area contributed by atoms with Crippen LogP contribution in [0.1, 0.15) is 5.56 Å².